The van der Waals surface area contributed by atoms with E-state index >= 15 is 0 Å². The van der Waals surface area contributed by atoms with Gasteiger partial charge in [0.1, 0.15) is 0 Å². The largest absolute Gasteiger partial charge is 0.481 e. The summed E-state index contributed by atoms with van der Waals surface area (Å²) >= 11 is 0. The summed E-state index contributed by atoms with van der Waals surface area (Å²) in [6.45, 7) is 1.56. The van der Waals surface area contributed by atoms with Crippen LogP contribution in [0.5, 0.6) is 0 Å². The summed E-state index contributed by atoms with van der Waals surface area (Å²) in [5.74, 6) is -0.799. The van der Waals surface area contributed by atoms with Crippen molar-refractivity contribution in [3.63, 3.8) is 0 Å². The number of aliphatic carboxylic acids is 1. The highest BCUT2D eigenvalue weighted by atomic mass is 16.5. The summed E-state index contributed by atoms with van der Waals surface area (Å²) < 4.78 is 5.55. The Balaban J connectivity index is 1.91. The molecule has 1 aliphatic carbocycles. The smallest absolute Gasteiger partial charge is 0.305 e. The van der Waals surface area contributed by atoms with Gasteiger partial charge in [-0.15, -0.1) is 0 Å². The minimum atomic E-state index is -0.866. The van der Waals surface area contributed by atoms with E-state index in [1.165, 1.54) is 0 Å². The second-order valence-electron chi connectivity index (χ2n) is 5.20. The van der Waals surface area contributed by atoms with Crippen molar-refractivity contribution in [1.29, 1.82) is 0 Å². The Morgan fingerprint density at radius 3 is 2.63 bits per heavy atom. The van der Waals surface area contributed by atoms with Crippen LogP contribution in [-0.4, -0.2) is 47.7 Å². The fraction of sp³-hybridized carbons (Fsp3) is 0.714. The normalized spacial score (nSPS) is 22.8. The molecule has 2 rings (SSSR count). The molecule has 5 nitrogen and oxygen atoms in total. The number of carbonyl (C=O) groups is 2. The van der Waals surface area contributed by atoms with E-state index in [-0.39, 0.29) is 30.9 Å². The number of hydrogen-bond donors (Lipinski definition) is 1. The van der Waals surface area contributed by atoms with Crippen molar-refractivity contribution in [2.45, 2.75) is 38.2 Å². The summed E-state index contributed by atoms with van der Waals surface area (Å²) in [6, 6.07) is 0. The first-order valence-electron chi connectivity index (χ1n) is 6.94. The van der Waals surface area contributed by atoms with Gasteiger partial charge in [0.25, 0.3) is 0 Å². The Morgan fingerprint density at radius 2 is 2.05 bits per heavy atom. The fourth-order valence-corrected chi connectivity index (χ4v) is 2.63. The maximum atomic E-state index is 12.4. The highest BCUT2D eigenvalue weighted by Gasteiger charge is 2.28. The fourth-order valence-electron chi connectivity index (χ4n) is 2.63. The molecular weight excluding hydrogens is 246 g/mol. The van der Waals surface area contributed by atoms with Crippen molar-refractivity contribution >= 4 is 11.9 Å². The third kappa shape index (κ3) is 4.06. The monoisotopic (exact) mass is 267 g/mol. The first-order chi connectivity index (χ1) is 9.16. The molecule has 1 heterocycles. The summed E-state index contributed by atoms with van der Waals surface area (Å²) in [4.78, 5) is 24.8. The van der Waals surface area contributed by atoms with Gasteiger partial charge in [-0.25, -0.2) is 0 Å². The number of allylic oxidation sites excluding steroid dienone is 2. The van der Waals surface area contributed by atoms with Crippen LogP contribution < -0.4 is 0 Å². The number of carbonyl (C=O) groups excluding carboxylic acids is 1. The molecule has 0 aromatic rings. The van der Waals surface area contributed by atoms with Gasteiger partial charge in [-0.3, -0.25) is 9.59 Å². The van der Waals surface area contributed by atoms with Gasteiger partial charge >= 0.3 is 5.97 Å². The van der Waals surface area contributed by atoms with Crippen LogP contribution in [0.3, 0.4) is 0 Å². The highest BCUT2D eigenvalue weighted by molar-refractivity contribution is 5.80. The van der Waals surface area contributed by atoms with E-state index in [1.807, 2.05) is 12.2 Å². The van der Waals surface area contributed by atoms with Crippen LogP contribution in [0.1, 0.15) is 32.1 Å². The first kappa shape index (κ1) is 14.1. The van der Waals surface area contributed by atoms with Gasteiger partial charge in [-0.2, -0.15) is 0 Å². The second-order valence-corrected chi connectivity index (χ2v) is 5.20. The van der Waals surface area contributed by atoms with Gasteiger partial charge in [-0.05, 0) is 25.7 Å². The van der Waals surface area contributed by atoms with Gasteiger partial charge < -0.3 is 14.7 Å². The highest BCUT2D eigenvalue weighted by Crippen LogP contribution is 2.22. The molecule has 2 aliphatic rings. The van der Waals surface area contributed by atoms with Crippen LogP contribution in [0.4, 0.5) is 0 Å². The molecule has 1 fully saturated rings. The Kier molecular flexibility index (Phi) is 4.96. The lowest BCUT2D eigenvalue weighted by Crippen LogP contribution is -2.41. The zero-order valence-electron chi connectivity index (χ0n) is 11.1. The lowest BCUT2D eigenvalue weighted by Gasteiger charge is -2.27. The molecule has 1 saturated heterocycles. The van der Waals surface area contributed by atoms with E-state index in [4.69, 9.17) is 9.84 Å². The molecule has 106 valence electrons. The van der Waals surface area contributed by atoms with Crippen molar-refractivity contribution in [2.24, 2.45) is 5.92 Å². The molecule has 1 atom stereocenters. The van der Waals surface area contributed by atoms with Crippen LogP contribution >= 0.6 is 0 Å². The molecule has 1 N–H and O–H groups in total. The molecule has 1 aliphatic heterocycles. The summed E-state index contributed by atoms with van der Waals surface area (Å²) in [5.41, 5.74) is 0. The van der Waals surface area contributed by atoms with Crippen molar-refractivity contribution in [1.82, 2.24) is 4.90 Å². The van der Waals surface area contributed by atoms with E-state index in [9.17, 15) is 9.59 Å². The number of hydrogen-bond acceptors (Lipinski definition) is 3. The number of rotatable bonds is 6. The third-order valence-corrected chi connectivity index (χ3v) is 3.71. The number of ether oxygens (including phenoxy) is 1. The SMILES string of the molecule is O=C(O)CCN(C[C@@H]1CCCO1)C(=O)C1CC=CC1. The van der Waals surface area contributed by atoms with Gasteiger partial charge in [-0.1, -0.05) is 12.2 Å². The van der Waals surface area contributed by atoms with Gasteiger partial charge in [0.05, 0.1) is 12.5 Å². The van der Waals surface area contributed by atoms with Crippen LogP contribution in [0.15, 0.2) is 12.2 Å². The Bertz CT molecular complexity index is 352. The minimum Gasteiger partial charge on any atom is -0.481 e. The van der Waals surface area contributed by atoms with Gasteiger partial charge in [0.15, 0.2) is 0 Å². The van der Waals surface area contributed by atoms with E-state index < -0.39 is 5.97 Å². The van der Waals surface area contributed by atoms with Crippen molar-refractivity contribution in [2.75, 3.05) is 19.7 Å². The number of carboxylic acid groups (broad SMARTS) is 1. The maximum absolute atomic E-state index is 12.4. The summed E-state index contributed by atoms with van der Waals surface area (Å²) in [7, 11) is 0. The average molecular weight is 267 g/mol. The summed E-state index contributed by atoms with van der Waals surface area (Å²) in [6.07, 6.45) is 7.64. The van der Waals surface area contributed by atoms with Crippen LogP contribution in [0.2, 0.25) is 0 Å². The maximum Gasteiger partial charge on any atom is 0.305 e. The number of carboxylic acids is 1. The van der Waals surface area contributed by atoms with Gasteiger partial charge in [0.2, 0.25) is 5.91 Å². The average Bonchev–Trinajstić information content (AvgIpc) is 3.06. The summed E-state index contributed by atoms with van der Waals surface area (Å²) in [5, 5.41) is 8.79. The third-order valence-electron chi connectivity index (χ3n) is 3.71. The van der Waals surface area contributed by atoms with E-state index in [0.717, 1.165) is 32.3 Å². The molecule has 5 heteroatoms. The number of nitrogens with zero attached hydrogens (tertiary/aromatic N) is 1. The standard InChI is InChI=1S/C14H21NO4/c16-13(17)7-8-15(10-12-6-3-9-19-12)14(18)11-4-1-2-5-11/h1-2,11-12H,3-10H2,(H,16,17)/t12-/m0/s1. The van der Waals surface area contributed by atoms with Gasteiger partial charge in [0, 0.05) is 25.6 Å². The molecule has 1 amide bonds. The van der Waals surface area contributed by atoms with E-state index in [1.54, 1.807) is 4.90 Å². The molecular formula is C14H21NO4. The molecule has 19 heavy (non-hydrogen) atoms. The molecule has 0 saturated carbocycles. The quantitative estimate of drug-likeness (QED) is 0.739. The predicted molar refractivity (Wildman–Crippen MR) is 69.7 cm³/mol. The Morgan fingerprint density at radius 1 is 1.32 bits per heavy atom. The van der Waals surface area contributed by atoms with Crippen molar-refractivity contribution in [3.05, 3.63) is 12.2 Å². The molecule has 0 aromatic carbocycles. The number of amides is 1. The second kappa shape index (κ2) is 6.70. The molecule has 0 radical (unpaired) electrons. The zero-order chi connectivity index (χ0) is 13.7. The Labute approximate surface area is 113 Å². The van der Waals surface area contributed by atoms with E-state index in [2.05, 4.69) is 0 Å². The van der Waals surface area contributed by atoms with Crippen molar-refractivity contribution < 1.29 is 19.4 Å². The predicted octanol–water partition coefficient (Wildman–Crippen LogP) is 1.43. The van der Waals surface area contributed by atoms with Crippen LogP contribution in [0.25, 0.3) is 0 Å². The molecule has 0 bridgehead atoms. The molecule has 0 unspecified atom stereocenters. The topological polar surface area (TPSA) is 66.8 Å². The lowest BCUT2D eigenvalue weighted by atomic mass is 10.0. The molecule has 0 aromatic heterocycles. The molecule has 0 spiro atoms. The van der Waals surface area contributed by atoms with Crippen molar-refractivity contribution in [3.8, 4) is 0 Å². The zero-order valence-corrected chi connectivity index (χ0v) is 11.1. The van der Waals surface area contributed by atoms with Crippen LogP contribution in [-0.2, 0) is 14.3 Å². The van der Waals surface area contributed by atoms with E-state index in [0.29, 0.717) is 6.54 Å². The minimum absolute atomic E-state index is 0.00138. The lowest BCUT2D eigenvalue weighted by molar-refractivity contribution is -0.140. The Hall–Kier alpha value is -1.36. The van der Waals surface area contributed by atoms with Crippen LogP contribution in [0, 0.1) is 5.92 Å². The first-order valence-corrected chi connectivity index (χ1v) is 6.94.